The lowest BCUT2D eigenvalue weighted by Gasteiger charge is -2.27. The van der Waals surface area contributed by atoms with E-state index in [1.54, 1.807) is 0 Å². The van der Waals surface area contributed by atoms with Crippen LogP contribution in [0.2, 0.25) is 0 Å². The highest BCUT2D eigenvalue weighted by molar-refractivity contribution is 7.95. The van der Waals surface area contributed by atoms with E-state index in [0.29, 0.717) is 0 Å². The van der Waals surface area contributed by atoms with Gasteiger partial charge in [0.1, 0.15) is 43.3 Å². The van der Waals surface area contributed by atoms with Gasteiger partial charge in [0, 0.05) is 0 Å². The molecule has 0 spiro atoms. The summed E-state index contributed by atoms with van der Waals surface area (Å²) in [5, 5.41) is 4.47. The molecule has 3 aromatic carbocycles. The van der Waals surface area contributed by atoms with Gasteiger partial charge < -0.3 is 0 Å². The van der Waals surface area contributed by atoms with Crippen molar-refractivity contribution in [2.45, 2.75) is 19.8 Å². The maximum Gasteiger partial charge on any atom is 0.144 e. The molecule has 0 unspecified atom stereocenters. The van der Waals surface area contributed by atoms with Crippen LogP contribution < -0.4 is 49.8 Å². The Morgan fingerprint density at radius 2 is 0.893 bits per heavy atom. The molecule has 0 aliphatic heterocycles. The van der Waals surface area contributed by atoms with Gasteiger partial charge in [0.2, 0.25) is 0 Å². The van der Waals surface area contributed by atoms with E-state index >= 15 is 0 Å². The van der Waals surface area contributed by atoms with Crippen LogP contribution in [0.25, 0.3) is 0 Å². The first-order chi connectivity index (χ1) is 13.4. The van der Waals surface area contributed by atoms with Crippen molar-refractivity contribution in [3.63, 3.8) is 0 Å². The molecule has 0 heterocycles. The van der Waals surface area contributed by atoms with Crippen molar-refractivity contribution < 1.29 is 33.8 Å². The van der Waals surface area contributed by atoms with Gasteiger partial charge in [-0.2, -0.15) is 0 Å². The second kappa shape index (κ2) is 11.0. The molecule has 0 N–H and O–H groups in total. The Morgan fingerprint density at radius 3 is 1.14 bits per heavy atom. The summed E-state index contributed by atoms with van der Waals surface area (Å²) in [7, 11) is -1.57. The van der Waals surface area contributed by atoms with Gasteiger partial charge >= 0.3 is 0 Å². The molecule has 0 saturated heterocycles. The zero-order valence-electron chi connectivity index (χ0n) is 15.7. The van der Waals surface area contributed by atoms with E-state index in [4.69, 9.17) is 13.7 Å². The summed E-state index contributed by atoms with van der Waals surface area (Å²) in [6.45, 7) is 2.29. The zero-order valence-corrected chi connectivity index (χ0v) is 18.8. The lowest BCUT2D eigenvalue weighted by molar-refractivity contribution is -2.00. The van der Waals surface area contributed by atoms with E-state index in [0.717, 1.165) is 0 Å². The van der Waals surface area contributed by atoms with Crippen molar-refractivity contribution in [2.75, 3.05) is 6.16 Å². The Balaban J connectivity index is 0.000000500. The Morgan fingerprint density at radius 1 is 0.607 bits per heavy atom. The molecule has 0 aliphatic rings. The van der Waals surface area contributed by atoms with E-state index < -0.39 is 27.4 Å². The van der Waals surface area contributed by atoms with E-state index in [1.165, 1.54) is 34.9 Å². The quantitative estimate of drug-likeness (QED) is 0.262. The maximum absolute atomic E-state index is 8.62. The van der Waals surface area contributed by atoms with Crippen LogP contribution in [-0.2, 0) is 0 Å². The summed E-state index contributed by atoms with van der Waals surface area (Å²) < 4.78 is 34.5. The molecule has 0 aromatic heterocycles. The smallest absolute Gasteiger partial charge is 0.144 e. The second-order valence-corrected chi connectivity index (χ2v) is 12.0. The molecule has 0 fully saturated rings. The van der Waals surface area contributed by atoms with Crippen LogP contribution in [0, 0.1) is 0 Å². The highest BCUT2D eigenvalue weighted by atomic mass is 127. The predicted octanol–water partition coefficient (Wildman–Crippen LogP) is -2.97. The van der Waals surface area contributed by atoms with Crippen molar-refractivity contribution >= 4 is 23.2 Å². The lowest BCUT2D eigenvalue weighted by atomic mass is 10.3. The summed E-state index contributed by atoms with van der Waals surface area (Å²) in [4.78, 5) is 0. The fourth-order valence-electron chi connectivity index (χ4n) is 3.28. The molecule has 3 aromatic rings. The zero-order chi connectivity index (χ0) is 20.5. The average molecular weight is 510 g/mol. The SMILES string of the molecule is CCCC[P+](c1ccccc1)(c1ccccc1)c1ccccc1.[O-][I+3]([O-])([O-])[O-]. The molecular formula is C22H24IO4P. The minimum atomic E-state index is -5.94. The summed E-state index contributed by atoms with van der Waals surface area (Å²) in [6, 6.07) is 33.4. The molecule has 4 nitrogen and oxygen atoms in total. The molecule has 0 aliphatic carbocycles. The summed E-state index contributed by atoms with van der Waals surface area (Å²) in [5.41, 5.74) is 0. The fourth-order valence-corrected chi connectivity index (χ4v) is 7.78. The van der Waals surface area contributed by atoms with Gasteiger partial charge in [-0.25, -0.2) is 0 Å². The fraction of sp³-hybridized carbons (Fsp3) is 0.182. The summed E-state index contributed by atoms with van der Waals surface area (Å²) in [6.07, 6.45) is 3.72. The third-order valence-corrected chi connectivity index (χ3v) is 8.96. The molecule has 6 heteroatoms. The molecule has 0 amide bonds. The van der Waals surface area contributed by atoms with E-state index in [2.05, 4.69) is 97.9 Å². The van der Waals surface area contributed by atoms with Crippen LogP contribution >= 0.6 is 7.26 Å². The monoisotopic (exact) mass is 510 g/mol. The number of hydrogen-bond acceptors (Lipinski definition) is 4. The van der Waals surface area contributed by atoms with E-state index in [1.807, 2.05) is 0 Å². The Labute approximate surface area is 173 Å². The number of unbranched alkanes of at least 4 members (excludes halogenated alkanes) is 1. The molecule has 28 heavy (non-hydrogen) atoms. The molecular weight excluding hydrogens is 486 g/mol. The van der Waals surface area contributed by atoms with Crippen molar-refractivity contribution in [3.05, 3.63) is 91.0 Å². The van der Waals surface area contributed by atoms with Crippen molar-refractivity contribution in [2.24, 2.45) is 0 Å². The topological polar surface area (TPSA) is 92.2 Å². The number of rotatable bonds is 6. The highest BCUT2D eigenvalue weighted by Gasteiger charge is 2.44. The van der Waals surface area contributed by atoms with Gasteiger partial charge in [0.05, 0.1) is 6.16 Å². The van der Waals surface area contributed by atoms with Gasteiger partial charge in [-0.3, -0.25) is 13.7 Å². The normalized spacial score (nSPS) is 11.5. The third kappa shape index (κ3) is 6.62. The Hall–Kier alpha value is -1.34. The molecule has 0 atom stereocenters. The molecule has 0 radical (unpaired) electrons. The molecule has 148 valence electrons. The van der Waals surface area contributed by atoms with Crippen LogP contribution in [0.3, 0.4) is 0 Å². The summed E-state index contributed by atoms with van der Waals surface area (Å²) in [5.74, 6) is 0. The number of halogens is 1. The largest absolute Gasteiger partial charge is 0.286 e. The van der Waals surface area contributed by atoms with Gasteiger partial charge in [-0.05, 0) is 42.8 Å². The molecule has 0 saturated carbocycles. The number of benzene rings is 3. The molecule has 0 bridgehead atoms. The van der Waals surface area contributed by atoms with E-state index in [-0.39, 0.29) is 0 Å². The van der Waals surface area contributed by atoms with E-state index in [9.17, 15) is 0 Å². The summed E-state index contributed by atoms with van der Waals surface area (Å²) >= 11 is -5.94. The molecule has 3 rings (SSSR count). The Kier molecular flexibility index (Phi) is 9.02. The van der Waals surface area contributed by atoms with Crippen molar-refractivity contribution in [1.29, 1.82) is 0 Å². The van der Waals surface area contributed by atoms with Crippen LogP contribution in [0.5, 0.6) is 0 Å². The van der Waals surface area contributed by atoms with Crippen molar-refractivity contribution in [3.8, 4) is 0 Å². The maximum atomic E-state index is 8.62. The van der Waals surface area contributed by atoms with Crippen LogP contribution in [0.4, 0.5) is 0 Å². The minimum absolute atomic E-state index is 1.23. The standard InChI is InChI=1S/C22H24P.IO4/c1-2-3-19-23(20-13-7-4-8-14-20,21-15-9-5-10-16-21)22-17-11-6-12-18-22;2-1(3,4)5/h4-18H,2-3,19H2,1H3;/q+1;-1. The minimum Gasteiger partial charge on any atom is -0.286 e. The van der Waals surface area contributed by atoms with Gasteiger partial charge in [-0.1, -0.05) is 67.9 Å². The van der Waals surface area contributed by atoms with Gasteiger partial charge in [0.15, 0.2) is 0 Å². The second-order valence-electron chi connectivity index (χ2n) is 6.27. The van der Waals surface area contributed by atoms with Crippen LogP contribution in [0.1, 0.15) is 19.8 Å². The van der Waals surface area contributed by atoms with Crippen LogP contribution in [-0.4, -0.2) is 6.16 Å². The first-order valence-electron chi connectivity index (χ1n) is 9.04. The van der Waals surface area contributed by atoms with Crippen LogP contribution in [0.15, 0.2) is 91.0 Å². The van der Waals surface area contributed by atoms with Gasteiger partial charge in [0.25, 0.3) is 0 Å². The highest BCUT2D eigenvalue weighted by Crippen LogP contribution is 2.55. The Bertz CT molecular complexity index is 706. The average Bonchev–Trinajstić information content (AvgIpc) is 2.70. The van der Waals surface area contributed by atoms with Crippen molar-refractivity contribution in [1.82, 2.24) is 0 Å². The first kappa shape index (κ1) is 22.9. The first-order valence-corrected chi connectivity index (χ1v) is 14.5. The van der Waals surface area contributed by atoms with Gasteiger partial charge in [-0.15, -0.1) is 0 Å². The predicted molar refractivity (Wildman–Crippen MR) is 105 cm³/mol. The lowest BCUT2D eigenvalue weighted by Crippen LogP contribution is -4.29. The third-order valence-electron chi connectivity index (χ3n) is 4.44. The number of hydrogen-bond donors (Lipinski definition) is 0.